The number of halogens is 1. The molecule has 0 bridgehead atoms. The van der Waals surface area contributed by atoms with E-state index in [9.17, 15) is 24.3 Å². The highest BCUT2D eigenvalue weighted by atomic mass is 19.1. The predicted octanol–water partition coefficient (Wildman–Crippen LogP) is 3.42. The molecule has 1 aromatic carbocycles. The first-order valence-corrected chi connectivity index (χ1v) is 11.3. The van der Waals surface area contributed by atoms with Gasteiger partial charge in [0.15, 0.2) is 11.4 Å². The normalized spacial score (nSPS) is 22.6. The number of nitrogens with two attached hydrogens (primary N) is 1. The molecule has 1 saturated heterocycles. The number of hydrogen-bond donors (Lipinski definition) is 3. The van der Waals surface area contributed by atoms with Gasteiger partial charge in [-0.2, -0.15) is 10.4 Å². The Labute approximate surface area is 204 Å². The summed E-state index contributed by atoms with van der Waals surface area (Å²) >= 11 is 0. The molecule has 1 aliphatic heterocycles. The molecular formula is C24H32FN7O3. The number of nitrogens with one attached hydrogen (secondary N) is 1. The predicted molar refractivity (Wildman–Crippen MR) is 129 cm³/mol. The van der Waals surface area contributed by atoms with Gasteiger partial charge in [0.25, 0.3) is 5.91 Å². The lowest BCUT2D eigenvalue weighted by atomic mass is 9.71. The Morgan fingerprint density at radius 2 is 1.97 bits per heavy atom. The fraction of sp³-hybridized carbons (Fsp3) is 0.500. The van der Waals surface area contributed by atoms with E-state index < -0.39 is 35.4 Å². The van der Waals surface area contributed by atoms with E-state index in [1.807, 2.05) is 20.8 Å². The molecule has 10 nitrogen and oxygen atoms in total. The molecule has 0 aliphatic carbocycles. The number of anilines is 2. The Bertz CT molecular complexity index is 1130. The maximum Gasteiger partial charge on any atom is 0.407 e. The minimum atomic E-state index is -1.28. The molecule has 1 fully saturated rings. The molecule has 3 rings (SSSR count). The average molecular weight is 486 g/mol. The first-order valence-electron chi connectivity index (χ1n) is 11.3. The molecule has 2 amide bonds. The molecule has 188 valence electrons. The van der Waals surface area contributed by atoms with Crippen LogP contribution in [0.25, 0.3) is 0 Å². The largest absolute Gasteiger partial charge is 0.465 e. The Kier molecular flexibility index (Phi) is 7.08. The Morgan fingerprint density at radius 1 is 1.34 bits per heavy atom. The minimum absolute atomic E-state index is 0.105. The highest BCUT2D eigenvalue weighted by Gasteiger charge is 2.56. The Morgan fingerprint density at radius 3 is 2.46 bits per heavy atom. The molecule has 1 aromatic heterocycles. The lowest BCUT2D eigenvalue weighted by Gasteiger charge is -2.53. The lowest BCUT2D eigenvalue weighted by molar-refractivity contribution is -0.0279. The lowest BCUT2D eigenvalue weighted by Crippen LogP contribution is -2.68. The number of nitriles is 1. The highest BCUT2D eigenvalue weighted by molar-refractivity contribution is 5.98. The maximum atomic E-state index is 13.3. The summed E-state index contributed by atoms with van der Waals surface area (Å²) in [5.74, 6) is -0.957. The van der Waals surface area contributed by atoms with Gasteiger partial charge in [-0.1, -0.05) is 20.8 Å². The van der Waals surface area contributed by atoms with Crippen molar-refractivity contribution in [1.82, 2.24) is 19.6 Å². The van der Waals surface area contributed by atoms with Gasteiger partial charge >= 0.3 is 6.09 Å². The molecule has 3 unspecified atom stereocenters. The molecule has 2 aromatic rings. The number of carbonyl (C=O) groups is 2. The van der Waals surface area contributed by atoms with Crippen LogP contribution in [0.5, 0.6) is 0 Å². The number of rotatable bonds is 6. The van der Waals surface area contributed by atoms with Gasteiger partial charge in [-0.25, -0.2) is 9.18 Å². The Balaban J connectivity index is 2.13. The van der Waals surface area contributed by atoms with E-state index >= 15 is 0 Å². The van der Waals surface area contributed by atoms with Crippen LogP contribution in [0.3, 0.4) is 0 Å². The van der Waals surface area contributed by atoms with Crippen LogP contribution in [-0.4, -0.2) is 68.9 Å². The van der Waals surface area contributed by atoms with Crippen LogP contribution >= 0.6 is 0 Å². The summed E-state index contributed by atoms with van der Waals surface area (Å²) in [5.41, 5.74) is 4.68. The van der Waals surface area contributed by atoms with Crippen molar-refractivity contribution in [2.24, 2.45) is 11.1 Å². The van der Waals surface area contributed by atoms with E-state index in [2.05, 4.69) is 16.5 Å². The van der Waals surface area contributed by atoms with Gasteiger partial charge in [-0.15, -0.1) is 0 Å². The number of carboxylic acid groups (broad SMARTS) is 1. The smallest absolute Gasteiger partial charge is 0.407 e. The molecule has 0 spiro atoms. The number of piperidine rings is 1. The van der Waals surface area contributed by atoms with Crippen LogP contribution in [0.2, 0.25) is 0 Å². The van der Waals surface area contributed by atoms with Gasteiger partial charge in [-0.05, 0) is 56.6 Å². The minimum Gasteiger partial charge on any atom is -0.465 e. The van der Waals surface area contributed by atoms with Crippen molar-refractivity contribution in [3.8, 4) is 6.07 Å². The molecule has 0 radical (unpaired) electrons. The standard InChI is InChI=1S/C24H32FN7O3/c1-23(2,3)12-19-24(14-26,30(4)5)18(10-11-31(19)22(34)35)32-13-17(20(27)33)21(29-32)28-16-8-6-15(25)7-9-16/h6-9,13,18-19H,10-12H2,1-5H3,(H2,27,33)(H,28,29)(H,34,35). The topological polar surface area (TPSA) is 141 Å². The van der Waals surface area contributed by atoms with Crippen LogP contribution in [-0.2, 0) is 0 Å². The summed E-state index contributed by atoms with van der Waals surface area (Å²) < 4.78 is 14.9. The molecule has 0 saturated carbocycles. The second-order valence-corrected chi connectivity index (χ2v) is 10.3. The quantitative estimate of drug-likeness (QED) is 0.569. The van der Waals surface area contributed by atoms with Crippen molar-refractivity contribution in [3.05, 3.63) is 41.8 Å². The van der Waals surface area contributed by atoms with Gasteiger partial charge < -0.3 is 21.1 Å². The number of amides is 2. The third-order valence-electron chi connectivity index (χ3n) is 6.43. The zero-order valence-electron chi connectivity index (χ0n) is 20.6. The number of primary amides is 1. The van der Waals surface area contributed by atoms with Crippen LogP contribution in [0, 0.1) is 22.6 Å². The summed E-state index contributed by atoms with van der Waals surface area (Å²) in [6, 6.07) is 6.73. The number of aromatic nitrogens is 2. The summed E-state index contributed by atoms with van der Waals surface area (Å²) in [6.07, 6.45) is 1.14. The second kappa shape index (κ2) is 9.54. The summed E-state index contributed by atoms with van der Waals surface area (Å²) in [6.45, 7) is 6.19. The molecule has 35 heavy (non-hydrogen) atoms. The van der Waals surface area contributed by atoms with Crippen LogP contribution in [0.4, 0.5) is 20.7 Å². The third-order valence-corrected chi connectivity index (χ3v) is 6.43. The summed E-state index contributed by atoms with van der Waals surface area (Å²) in [5, 5.41) is 28.1. The summed E-state index contributed by atoms with van der Waals surface area (Å²) in [7, 11) is 3.49. The number of likely N-dealkylation sites (N-methyl/N-ethyl adjacent to an activating group) is 1. The van der Waals surface area contributed by atoms with Crippen LogP contribution in [0.15, 0.2) is 30.5 Å². The van der Waals surface area contributed by atoms with Gasteiger partial charge in [0, 0.05) is 18.4 Å². The first kappa shape index (κ1) is 26.0. The number of likely N-dealkylation sites (tertiary alicyclic amines) is 1. The number of nitrogens with zero attached hydrogens (tertiary/aromatic N) is 5. The van der Waals surface area contributed by atoms with E-state index in [0.717, 1.165) is 0 Å². The molecule has 3 atom stereocenters. The van der Waals surface area contributed by atoms with Crippen molar-refractivity contribution < 1.29 is 19.1 Å². The van der Waals surface area contributed by atoms with Gasteiger partial charge in [0.1, 0.15) is 11.4 Å². The van der Waals surface area contributed by atoms with Crippen molar-refractivity contribution in [3.63, 3.8) is 0 Å². The molecule has 11 heteroatoms. The highest BCUT2D eigenvalue weighted by Crippen LogP contribution is 2.44. The van der Waals surface area contributed by atoms with Crippen molar-refractivity contribution >= 4 is 23.5 Å². The van der Waals surface area contributed by atoms with Crippen LogP contribution < -0.4 is 11.1 Å². The van der Waals surface area contributed by atoms with Gasteiger partial charge in [0.05, 0.1) is 18.2 Å². The van der Waals surface area contributed by atoms with E-state index in [1.54, 1.807) is 19.0 Å². The average Bonchev–Trinajstić information content (AvgIpc) is 3.17. The van der Waals surface area contributed by atoms with Gasteiger partial charge in [0.2, 0.25) is 0 Å². The number of benzene rings is 1. The van der Waals surface area contributed by atoms with E-state index in [4.69, 9.17) is 5.73 Å². The van der Waals surface area contributed by atoms with E-state index in [-0.39, 0.29) is 23.3 Å². The number of carbonyl (C=O) groups excluding carboxylic acids is 1. The summed E-state index contributed by atoms with van der Waals surface area (Å²) in [4.78, 5) is 27.5. The monoisotopic (exact) mass is 485 g/mol. The maximum absolute atomic E-state index is 13.3. The Hall–Kier alpha value is -3.65. The van der Waals surface area contributed by atoms with Crippen molar-refractivity contribution in [1.29, 1.82) is 5.26 Å². The first-order chi connectivity index (χ1) is 16.3. The fourth-order valence-corrected chi connectivity index (χ4v) is 4.84. The van der Waals surface area contributed by atoms with E-state index in [0.29, 0.717) is 18.5 Å². The zero-order chi connectivity index (χ0) is 26.1. The SMILES string of the molecule is CN(C)C1(C#N)C(CC(C)(C)C)N(C(=O)O)CCC1n1cc(C(N)=O)c(Nc2ccc(F)cc2)n1. The molecule has 2 heterocycles. The fourth-order valence-electron chi connectivity index (χ4n) is 4.84. The molecule has 1 aliphatic rings. The third kappa shape index (κ3) is 5.07. The second-order valence-electron chi connectivity index (χ2n) is 10.3. The van der Waals surface area contributed by atoms with Crippen molar-refractivity contribution in [2.75, 3.05) is 26.0 Å². The number of hydrogen-bond acceptors (Lipinski definition) is 6. The van der Waals surface area contributed by atoms with E-state index in [1.165, 1.54) is 40.0 Å². The van der Waals surface area contributed by atoms with Gasteiger partial charge in [-0.3, -0.25) is 14.4 Å². The van der Waals surface area contributed by atoms with Crippen LogP contribution in [0.1, 0.15) is 50.0 Å². The molecular weight excluding hydrogens is 453 g/mol. The zero-order valence-corrected chi connectivity index (χ0v) is 20.6. The van der Waals surface area contributed by atoms with Crippen molar-refractivity contribution in [2.45, 2.75) is 51.2 Å². The molecule has 4 N–H and O–H groups in total.